The van der Waals surface area contributed by atoms with Gasteiger partial charge in [0.1, 0.15) is 5.54 Å². The second kappa shape index (κ2) is 5.50. The summed E-state index contributed by atoms with van der Waals surface area (Å²) in [5, 5.41) is 21.8. The van der Waals surface area contributed by atoms with Gasteiger partial charge in [0.15, 0.2) is 0 Å². The molecule has 2 rings (SSSR count). The van der Waals surface area contributed by atoms with Crippen molar-refractivity contribution >= 4 is 5.91 Å². The molecule has 6 nitrogen and oxygen atoms in total. The summed E-state index contributed by atoms with van der Waals surface area (Å²) in [4.78, 5) is 12.8. The number of hydrogen-bond acceptors (Lipinski definition) is 5. The van der Waals surface area contributed by atoms with Crippen LogP contribution in [0.15, 0.2) is 0 Å². The van der Waals surface area contributed by atoms with Crippen molar-refractivity contribution < 1.29 is 19.7 Å². The number of ether oxygens (including phenoxy) is 1. The Labute approximate surface area is 126 Å². The molecular weight excluding hydrogens is 272 g/mol. The largest absolute Gasteiger partial charge is 0.394 e. The number of aliphatic hydroxyl groups excluding tert-OH is 2. The number of nitrogens with one attached hydrogen (secondary N) is 1. The molecule has 0 bridgehead atoms. The van der Waals surface area contributed by atoms with Crippen molar-refractivity contribution in [3.05, 3.63) is 0 Å². The number of carbonyl (C=O) groups excluding carboxylic acids is 1. The van der Waals surface area contributed by atoms with E-state index in [9.17, 15) is 15.0 Å². The fourth-order valence-electron chi connectivity index (χ4n) is 3.82. The molecule has 5 N–H and O–H groups in total. The molecule has 122 valence electrons. The van der Waals surface area contributed by atoms with Gasteiger partial charge in [0.05, 0.1) is 24.9 Å². The summed E-state index contributed by atoms with van der Waals surface area (Å²) in [5.74, 6) is -0.308. The summed E-state index contributed by atoms with van der Waals surface area (Å²) in [5.41, 5.74) is 3.99. The summed E-state index contributed by atoms with van der Waals surface area (Å²) in [6.07, 6.45) is 2.21. The molecule has 0 spiro atoms. The lowest BCUT2D eigenvalue weighted by atomic mass is 9.46. The van der Waals surface area contributed by atoms with Crippen LogP contribution in [0.25, 0.3) is 0 Å². The van der Waals surface area contributed by atoms with Crippen LogP contribution in [0.4, 0.5) is 0 Å². The van der Waals surface area contributed by atoms with Crippen LogP contribution in [0.1, 0.15) is 40.0 Å². The van der Waals surface area contributed by atoms with Gasteiger partial charge in [0.25, 0.3) is 0 Å². The van der Waals surface area contributed by atoms with Gasteiger partial charge in [-0.15, -0.1) is 0 Å². The lowest BCUT2D eigenvalue weighted by molar-refractivity contribution is -0.226. The molecule has 0 aromatic rings. The van der Waals surface area contributed by atoms with E-state index in [2.05, 4.69) is 5.32 Å². The number of rotatable bonds is 5. The van der Waals surface area contributed by atoms with E-state index in [1.54, 1.807) is 0 Å². The normalized spacial score (nSPS) is 34.8. The van der Waals surface area contributed by atoms with Crippen LogP contribution in [-0.4, -0.2) is 53.1 Å². The third kappa shape index (κ3) is 2.20. The smallest absolute Gasteiger partial charge is 0.241 e. The van der Waals surface area contributed by atoms with Gasteiger partial charge in [-0.1, -0.05) is 20.8 Å². The number of aliphatic hydroxyl groups is 2. The number of nitrogens with two attached hydrogens (primary N) is 1. The van der Waals surface area contributed by atoms with Crippen LogP contribution in [0.2, 0.25) is 0 Å². The number of carbonyl (C=O) groups is 1. The first-order valence-corrected chi connectivity index (χ1v) is 7.74. The van der Waals surface area contributed by atoms with Crippen LogP contribution in [0.5, 0.6) is 0 Å². The number of hydrogen-bond donors (Lipinski definition) is 4. The van der Waals surface area contributed by atoms with Gasteiger partial charge in [-0.3, -0.25) is 4.79 Å². The van der Waals surface area contributed by atoms with Gasteiger partial charge in [0, 0.05) is 17.9 Å². The van der Waals surface area contributed by atoms with E-state index in [0.717, 1.165) is 12.8 Å². The van der Waals surface area contributed by atoms with Crippen LogP contribution in [0.3, 0.4) is 0 Å². The van der Waals surface area contributed by atoms with E-state index >= 15 is 0 Å². The predicted molar refractivity (Wildman–Crippen MR) is 78.5 cm³/mol. The molecule has 2 aliphatic rings. The molecule has 3 atom stereocenters. The third-order valence-corrected chi connectivity index (χ3v) is 5.72. The molecule has 0 aromatic carbocycles. The second-order valence-electron chi connectivity index (χ2n) is 7.04. The molecule has 21 heavy (non-hydrogen) atoms. The molecule has 1 heterocycles. The Balaban J connectivity index is 2.21. The van der Waals surface area contributed by atoms with Crippen LogP contribution < -0.4 is 11.1 Å². The van der Waals surface area contributed by atoms with Gasteiger partial charge in [-0.25, -0.2) is 0 Å². The molecule has 1 amide bonds. The minimum Gasteiger partial charge on any atom is -0.394 e. The topological polar surface area (TPSA) is 105 Å². The van der Waals surface area contributed by atoms with Crippen molar-refractivity contribution in [1.29, 1.82) is 0 Å². The molecule has 1 saturated heterocycles. The Bertz CT molecular complexity index is 400. The van der Waals surface area contributed by atoms with Crippen LogP contribution >= 0.6 is 0 Å². The van der Waals surface area contributed by atoms with E-state index in [-0.39, 0.29) is 31.1 Å². The fourth-order valence-corrected chi connectivity index (χ4v) is 3.82. The molecule has 3 unspecified atom stereocenters. The maximum absolute atomic E-state index is 12.8. The van der Waals surface area contributed by atoms with Crippen molar-refractivity contribution in [3.63, 3.8) is 0 Å². The molecule has 1 aliphatic carbocycles. The molecule has 0 aromatic heterocycles. The van der Waals surface area contributed by atoms with Crippen LogP contribution in [-0.2, 0) is 9.53 Å². The Hall–Kier alpha value is -0.690. The maximum Gasteiger partial charge on any atom is 0.241 e. The van der Waals surface area contributed by atoms with Gasteiger partial charge >= 0.3 is 0 Å². The van der Waals surface area contributed by atoms with E-state index < -0.39 is 16.5 Å². The molecule has 0 radical (unpaired) electrons. The molecular formula is C15H28N2O4. The predicted octanol–water partition coefficient (Wildman–Crippen LogP) is -0.231. The first-order chi connectivity index (χ1) is 9.79. The van der Waals surface area contributed by atoms with E-state index in [4.69, 9.17) is 10.5 Å². The van der Waals surface area contributed by atoms with E-state index in [1.807, 2.05) is 20.8 Å². The first kappa shape index (κ1) is 16.7. The average Bonchev–Trinajstić information content (AvgIpc) is 2.51. The zero-order valence-corrected chi connectivity index (χ0v) is 13.2. The van der Waals surface area contributed by atoms with Crippen molar-refractivity contribution in [2.75, 3.05) is 19.8 Å². The SMILES string of the molecule is CCC(CO)(CO)NC(=O)C1(N)C2CCCOC2C1(C)C. The van der Waals surface area contributed by atoms with Gasteiger partial charge in [-0.05, 0) is 19.3 Å². The second-order valence-corrected chi connectivity index (χ2v) is 7.04. The van der Waals surface area contributed by atoms with Gasteiger partial charge < -0.3 is 26.0 Å². The fraction of sp³-hybridized carbons (Fsp3) is 0.933. The minimum atomic E-state index is -1.02. The van der Waals surface area contributed by atoms with Crippen LogP contribution in [0, 0.1) is 11.3 Å². The highest BCUT2D eigenvalue weighted by Gasteiger charge is 2.70. The van der Waals surface area contributed by atoms with Crippen molar-refractivity contribution in [2.45, 2.75) is 57.2 Å². The van der Waals surface area contributed by atoms with Crippen molar-refractivity contribution in [1.82, 2.24) is 5.32 Å². The number of amides is 1. The third-order valence-electron chi connectivity index (χ3n) is 5.72. The Morgan fingerprint density at radius 3 is 2.57 bits per heavy atom. The summed E-state index contributed by atoms with van der Waals surface area (Å²) in [6.45, 7) is 5.80. The highest BCUT2D eigenvalue weighted by Crippen LogP contribution is 2.57. The summed E-state index contributed by atoms with van der Waals surface area (Å²) in [6, 6.07) is 0. The average molecular weight is 300 g/mol. The summed E-state index contributed by atoms with van der Waals surface area (Å²) >= 11 is 0. The summed E-state index contributed by atoms with van der Waals surface area (Å²) < 4.78 is 5.79. The van der Waals surface area contributed by atoms with Gasteiger partial charge in [0.2, 0.25) is 5.91 Å². The lowest BCUT2D eigenvalue weighted by Crippen LogP contribution is -2.83. The lowest BCUT2D eigenvalue weighted by Gasteiger charge is -2.65. The van der Waals surface area contributed by atoms with E-state index in [1.165, 1.54) is 0 Å². The minimum absolute atomic E-state index is 0.00118. The molecule has 2 fully saturated rings. The molecule has 6 heteroatoms. The highest BCUT2D eigenvalue weighted by atomic mass is 16.5. The van der Waals surface area contributed by atoms with E-state index in [0.29, 0.717) is 13.0 Å². The Kier molecular flexibility index (Phi) is 4.37. The zero-order chi connectivity index (χ0) is 15.9. The quantitative estimate of drug-likeness (QED) is 0.561. The molecule has 1 saturated carbocycles. The first-order valence-electron chi connectivity index (χ1n) is 7.74. The summed E-state index contributed by atoms with van der Waals surface area (Å²) in [7, 11) is 0. The number of fused-ring (bicyclic) bond motifs is 1. The monoisotopic (exact) mass is 300 g/mol. The Morgan fingerprint density at radius 2 is 2.05 bits per heavy atom. The highest BCUT2D eigenvalue weighted by molar-refractivity contribution is 5.90. The maximum atomic E-state index is 12.8. The zero-order valence-electron chi connectivity index (χ0n) is 13.2. The molecule has 1 aliphatic heterocycles. The van der Waals surface area contributed by atoms with Gasteiger partial charge in [-0.2, -0.15) is 0 Å². The standard InChI is InChI=1S/C15H28N2O4/c1-4-14(8-18,9-19)17-12(20)15(16)10-6-5-7-21-11(10)13(15,2)3/h10-11,18-19H,4-9,16H2,1-3H3,(H,17,20). The van der Waals surface area contributed by atoms with Crippen molar-refractivity contribution in [3.8, 4) is 0 Å². The Morgan fingerprint density at radius 1 is 1.43 bits per heavy atom. The van der Waals surface area contributed by atoms with Crippen molar-refractivity contribution in [2.24, 2.45) is 17.1 Å².